The van der Waals surface area contributed by atoms with Crippen LogP contribution >= 0.6 is 0 Å². The fourth-order valence-corrected chi connectivity index (χ4v) is 5.29. The molecule has 4 heterocycles. The highest BCUT2D eigenvalue weighted by Gasteiger charge is 2.44. The zero-order valence-corrected chi connectivity index (χ0v) is 12.8. The molecule has 0 saturated carbocycles. The molecule has 0 aliphatic carbocycles. The quantitative estimate of drug-likeness (QED) is 0.675. The number of piperidine rings is 1. The minimum absolute atomic E-state index is 0.861. The molecule has 1 radical (unpaired) electrons. The van der Waals surface area contributed by atoms with Crippen molar-refractivity contribution in [2.45, 2.75) is 57.4 Å². The summed E-state index contributed by atoms with van der Waals surface area (Å²) in [6, 6.07) is 2.73. The Balaban J connectivity index is 1.54. The Morgan fingerprint density at radius 1 is 0.900 bits per heavy atom. The van der Waals surface area contributed by atoms with Crippen molar-refractivity contribution < 1.29 is 0 Å². The Morgan fingerprint density at radius 3 is 2.75 bits per heavy atom. The summed E-state index contributed by atoms with van der Waals surface area (Å²) in [4.78, 5) is 5.55. The van der Waals surface area contributed by atoms with Gasteiger partial charge >= 0.3 is 0 Å². The molecule has 4 aliphatic heterocycles. The molecular formula is C18H29N2. The van der Waals surface area contributed by atoms with Crippen molar-refractivity contribution >= 4 is 0 Å². The van der Waals surface area contributed by atoms with E-state index in [4.69, 9.17) is 0 Å². The van der Waals surface area contributed by atoms with E-state index in [9.17, 15) is 0 Å². The molecule has 2 heteroatoms. The minimum Gasteiger partial charge on any atom is -0.296 e. The number of hydrogen-bond acceptors (Lipinski definition) is 2. The molecule has 0 amide bonds. The second-order valence-electron chi connectivity index (χ2n) is 7.26. The van der Waals surface area contributed by atoms with Gasteiger partial charge in [-0.3, -0.25) is 9.80 Å². The Morgan fingerprint density at radius 2 is 1.80 bits per heavy atom. The van der Waals surface area contributed by atoms with Gasteiger partial charge in [-0.25, -0.2) is 0 Å². The molecule has 0 aromatic heterocycles. The first kappa shape index (κ1) is 13.3. The van der Waals surface area contributed by atoms with Crippen LogP contribution in [-0.2, 0) is 0 Å². The third-order valence-corrected chi connectivity index (χ3v) is 6.25. The Labute approximate surface area is 124 Å². The fourth-order valence-electron chi connectivity index (χ4n) is 5.29. The summed E-state index contributed by atoms with van der Waals surface area (Å²) < 4.78 is 0. The first-order chi connectivity index (χ1) is 9.93. The molecule has 3 atom stereocenters. The predicted molar refractivity (Wildman–Crippen MR) is 83.2 cm³/mol. The van der Waals surface area contributed by atoms with Crippen LogP contribution in [0.25, 0.3) is 0 Å². The molecule has 3 unspecified atom stereocenters. The van der Waals surface area contributed by atoms with E-state index in [0.717, 1.165) is 17.9 Å². The van der Waals surface area contributed by atoms with Crippen LogP contribution in [0.5, 0.6) is 0 Å². The van der Waals surface area contributed by atoms with E-state index in [1.165, 1.54) is 77.5 Å². The topological polar surface area (TPSA) is 6.48 Å². The molecule has 0 N–H and O–H groups in total. The van der Waals surface area contributed by atoms with E-state index in [1.54, 1.807) is 0 Å². The molecule has 3 saturated heterocycles. The van der Waals surface area contributed by atoms with Gasteiger partial charge in [-0.05, 0) is 70.0 Å². The van der Waals surface area contributed by atoms with Gasteiger partial charge in [0.05, 0.1) is 0 Å². The largest absolute Gasteiger partial charge is 0.296 e. The van der Waals surface area contributed by atoms with Crippen LogP contribution in [0, 0.1) is 17.9 Å². The molecule has 0 spiro atoms. The lowest BCUT2D eigenvalue weighted by atomic mass is 9.75. The van der Waals surface area contributed by atoms with Gasteiger partial charge in [0.2, 0.25) is 0 Å². The third kappa shape index (κ3) is 2.35. The van der Waals surface area contributed by atoms with Gasteiger partial charge in [0.15, 0.2) is 0 Å². The predicted octanol–water partition coefficient (Wildman–Crippen LogP) is 3.45. The van der Waals surface area contributed by atoms with Crippen molar-refractivity contribution in [2.24, 2.45) is 11.8 Å². The molecular weight excluding hydrogens is 244 g/mol. The highest BCUT2D eigenvalue weighted by atomic mass is 15.2. The smallest absolute Gasteiger partial charge is 0.0427 e. The average Bonchev–Trinajstić information content (AvgIpc) is 2.81. The van der Waals surface area contributed by atoms with Crippen LogP contribution in [0.3, 0.4) is 0 Å². The van der Waals surface area contributed by atoms with Crippen molar-refractivity contribution in [2.75, 3.05) is 26.2 Å². The van der Waals surface area contributed by atoms with Gasteiger partial charge in [-0.2, -0.15) is 0 Å². The van der Waals surface area contributed by atoms with E-state index in [1.807, 2.05) is 6.04 Å². The Hall–Kier alpha value is -0.340. The van der Waals surface area contributed by atoms with Crippen LogP contribution in [0.15, 0.2) is 12.2 Å². The number of hydrogen-bond donors (Lipinski definition) is 0. The summed E-state index contributed by atoms with van der Waals surface area (Å²) in [5.41, 5.74) is 0. The van der Waals surface area contributed by atoms with Gasteiger partial charge < -0.3 is 0 Å². The average molecular weight is 273 g/mol. The maximum atomic E-state index is 2.79. The van der Waals surface area contributed by atoms with Crippen LogP contribution in [0.1, 0.15) is 51.4 Å². The van der Waals surface area contributed by atoms with Crippen molar-refractivity contribution in [3.8, 4) is 0 Å². The van der Waals surface area contributed by atoms with Gasteiger partial charge in [-0.15, -0.1) is 0 Å². The summed E-state index contributed by atoms with van der Waals surface area (Å²) in [6.07, 6.45) is 16.2. The standard InChI is InChI=1S/C18H29N2/c1-4-11-19-12-5-2-8-17(19)15(7-1)16-10-14-20-13-6-3-9-18(16)20/h3,6,15-16,18H,1-2,4-5,7-14H2. The van der Waals surface area contributed by atoms with Gasteiger partial charge in [0.25, 0.3) is 0 Å². The Kier molecular flexibility index (Phi) is 3.87. The number of fused-ring (bicyclic) bond motifs is 2. The Bertz CT molecular complexity index is 364. The molecule has 111 valence electrons. The van der Waals surface area contributed by atoms with Crippen LogP contribution < -0.4 is 0 Å². The lowest BCUT2D eigenvalue weighted by Crippen LogP contribution is -2.43. The molecule has 4 aliphatic rings. The highest BCUT2D eigenvalue weighted by molar-refractivity contribution is 5.09. The SMILES string of the molecule is C1=CCN2CCC(C3CCCCN4CCCC[C]34)C2C1. The monoisotopic (exact) mass is 273 g/mol. The molecule has 2 nitrogen and oxygen atoms in total. The molecule has 3 fully saturated rings. The van der Waals surface area contributed by atoms with Crippen molar-refractivity contribution in [3.05, 3.63) is 18.2 Å². The molecule has 0 aromatic carbocycles. The lowest BCUT2D eigenvalue weighted by Gasteiger charge is -2.42. The van der Waals surface area contributed by atoms with Crippen LogP contribution in [-0.4, -0.2) is 42.0 Å². The molecule has 0 aromatic rings. The zero-order chi connectivity index (χ0) is 13.4. The molecule has 4 rings (SSSR count). The summed E-state index contributed by atoms with van der Waals surface area (Å²) in [6.45, 7) is 5.27. The summed E-state index contributed by atoms with van der Waals surface area (Å²) in [7, 11) is 0. The molecule has 20 heavy (non-hydrogen) atoms. The van der Waals surface area contributed by atoms with Gasteiger partial charge in [-0.1, -0.05) is 25.0 Å². The van der Waals surface area contributed by atoms with Crippen molar-refractivity contribution in [1.29, 1.82) is 0 Å². The third-order valence-electron chi connectivity index (χ3n) is 6.25. The van der Waals surface area contributed by atoms with Crippen molar-refractivity contribution in [1.82, 2.24) is 9.80 Å². The zero-order valence-electron chi connectivity index (χ0n) is 12.8. The van der Waals surface area contributed by atoms with E-state index in [2.05, 4.69) is 22.0 Å². The van der Waals surface area contributed by atoms with Gasteiger partial charge in [0.1, 0.15) is 0 Å². The van der Waals surface area contributed by atoms with Gasteiger partial charge in [0, 0.05) is 18.6 Å². The van der Waals surface area contributed by atoms with E-state index < -0.39 is 0 Å². The summed E-state index contributed by atoms with van der Waals surface area (Å²) >= 11 is 0. The molecule has 0 bridgehead atoms. The van der Waals surface area contributed by atoms with E-state index in [-0.39, 0.29) is 0 Å². The first-order valence-corrected chi connectivity index (χ1v) is 8.93. The van der Waals surface area contributed by atoms with E-state index in [0.29, 0.717) is 0 Å². The minimum atomic E-state index is 0.861. The first-order valence-electron chi connectivity index (χ1n) is 8.93. The fraction of sp³-hybridized carbons (Fsp3) is 0.833. The summed E-state index contributed by atoms with van der Waals surface area (Å²) in [5, 5.41) is 0. The van der Waals surface area contributed by atoms with Crippen molar-refractivity contribution in [3.63, 3.8) is 0 Å². The van der Waals surface area contributed by atoms with Crippen LogP contribution in [0.2, 0.25) is 0 Å². The maximum absolute atomic E-state index is 2.79. The second-order valence-corrected chi connectivity index (χ2v) is 7.26. The van der Waals surface area contributed by atoms with E-state index >= 15 is 0 Å². The highest BCUT2D eigenvalue weighted by Crippen LogP contribution is 2.45. The lowest BCUT2D eigenvalue weighted by molar-refractivity contribution is 0.138. The van der Waals surface area contributed by atoms with Crippen LogP contribution in [0.4, 0.5) is 0 Å². The summed E-state index contributed by atoms with van der Waals surface area (Å²) in [5.74, 6) is 1.87. The normalized spacial score (nSPS) is 40.3. The number of nitrogens with zero attached hydrogens (tertiary/aromatic N) is 2. The second kappa shape index (κ2) is 5.81. The maximum Gasteiger partial charge on any atom is 0.0427 e. The number of rotatable bonds is 1.